The van der Waals surface area contributed by atoms with E-state index in [4.69, 9.17) is 11.6 Å². The average molecular weight is 331 g/mol. The van der Waals surface area contributed by atoms with Crippen LogP contribution in [-0.2, 0) is 5.75 Å². The van der Waals surface area contributed by atoms with Crippen LogP contribution in [0.15, 0.2) is 53.0 Å². The molecule has 2 aromatic heterocycles. The molecule has 4 aromatic rings. The van der Waals surface area contributed by atoms with Crippen LogP contribution in [0.2, 0.25) is 5.02 Å². The van der Waals surface area contributed by atoms with Crippen LogP contribution in [0.5, 0.6) is 0 Å². The molecule has 0 aliphatic heterocycles. The fraction of sp³-hybridized carbons (Fsp3) is 0.0625. The fourth-order valence-electron chi connectivity index (χ4n) is 2.33. The first-order valence-electron chi connectivity index (χ1n) is 6.53. The Morgan fingerprint density at radius 3 is 3.05 bits per heavy atom. The summed E-state index contributed by atoms with van der Waals surface area (Å²) in [6.07, 6.45) is 2.09. The zero-order chi connectivity index (χ0) is 14.2. The van der Waals surface area contributed by atoms with Crippen molar-refractivity contribution < 1.29 is 0 Å². The second-order valence-electron chi connectivity index (χ2n) is 4.74. The van der Waals surface area contributed by atoms with Crippen molar-refractivity contribution in [2.75, 3.05) is 0 Å². The van der Waals surface area contributed by atoms with Crippen molar-refractivity contribution in [3.8, 4) is 0 Å². The summed E-state index contributed by atoms with van der Waals surface area (Å²) in [4.78, 5) is 7.95. The number of aromatic nitrogens is 2. The Hall–Kier alpha value is -1.49. The molecule has 2 nitrogen and oxygen atoms in total. The van der Waals surface area contributed by atoms with E-state index >= 15 is 0 Å². The maximum atomic E-state index is 6.01. The monoisotopic (exact) mass is 330 g/mol. The summed E-state index contributed by atoms with van der Waals surface area (Å²) in [7, 11) is 0. The number of halogens is 1. The molecule has 0 fully saturated rings. The topological polar surface area (TPSA) is 28.7 Å². The molecule has 2 heterocycles. The first-order valence-corrected chi connectivity index (χ1v) is 8.71. The third kappa shape index (κ3) is 2.55. The Balaban J connectivity index is 1.60. The van der Waals surface area contributed by atoms with Gasteiger partial charge in [0.2, 0.25) is 0 Å². The molecule has 4 rings (SSSR count). The van der Waals surface area contributed by atoms with Gasteiger partial charge >= 0.3 is 0 Å². The SMILES string of the molecule is Clc1ccc2sc(SCc3c[nH]c4ccccc34)nc2c1. The summed E-state index contributed by atoms with van der Waals surface area (Å²) in [5.74, 6) is 0.914. The summed E-state index contributed by atoms with van der Waals surface area (Å²) in [5, 5.41) is 2.02. The van der Waals surface area contributed by atoms with Crippen molar-refractivity contribution in [3.63, 3.8) is 0 Å². The van der Waals surface area contributed by atoms with E-state index in [2.05, 4.69) is 34.4 Å². The third-order valence-corrected chi connectivity index (χ3v) is 5.82. The number of rotatable bonds is 3. The molecule has 0 bridgehead atoms. The molecule has 0 aliphatic carbocycles. The molecule has 0 radical (unpaired) electrons. The predicted octanol–water partition coefficient (Wildman–Crippen LogP) is 5.72. The molecule has 0 amide bonds. The minimum absolute atomic E-state index is 0.737. The van der Waals surface area contributed by atoms with Crippen molar-refractivity contribution >= 4 is 55.8 Å². The Labute approximate surface area is 135 Å². The van der Waals surface area contributed by atoms with E-state index in [0.717, 1.165) is 20.6 Å². The minimum atomic E-state index is 0.737. The lowest BCUT2D eigenvalue weighted by Crippen LogP contribution is -1.77. The Morgan fingerprint density at radius 1 is 1.19 bits per heavy atom. The molecular formula is C16H11ClN2S2. The molecule has 0 atom stereocenters. The Morgan fingerprint density at radius 2 is 2.10 bits per heavy atom. The van der Waals surface area contributed by atoms with Crippen LogP contribution in [0.4, 0.5) is 0 Å². The molecule has 0 saturated carbocycles. The molecule has 104 valence electrons. The van der Waals surface area contributed by atoms with Gasteiger partial charge in [0.15, 0.2) is 4.34 Å². The molecule has 1 N–H and O–H groups in total. The summed E-state index contributed by atoms with van der Waals surface area (Å²) >= 11 is 9.49. The van der Waals surface area contributed by atoms with E-state index in [9.17, 15) is 0 Å². The third-order valence-electron chi connectivity index (χ3n) is 3.36. The van der Waals surface area contributed by atoms with Crippen molar-refractivity contribution in [2.24, 2.45) is 0 Å². The van der Waals surface area contributed by atoms with Gasteiger partial charge in [0.25, 0.3) is 0 Å². The van der Waals surface area contributed by atoms with E-state index < -0.39 is 0 Å². The highest BCUT2D eigenvalue weighted by atomic mass is 35.5. The number of benzene rings is 2. The van der Waals surface area contributed by atoms with Gasteiger partial charge < -0.3 is 4.98 Å². The van der Waals surface area contributed by atoms with Crippen LogP contribution in [0, 0.1) is 0 Å². The highest BCUT2D eigenvalue weighted by Gasteiger charge is 2.08. The summed E-state index contributed by atoms with van der Waals surface area (Å²) in [6.45, 7) is 0. The van der Waals surface area contributed by atoms with Gasteiger partial charge in [0, 0.05) is 27.9 Å². The smallest absolute Gasteiger partial charge is 0.151 e. The first kappa shape index (κ1) is 13.2. The van der Waals surface area contributed by atoms with Gasteiger partial charge in [-0.2, -0.15) is 0 Å². The Bertz CT molecular complexity index is 926. The van der Waals surface area contributed by atoms with Crippen LogP contribution in [0.3, 0.4) is 0 Å². The molecule has 0 aliphatic rings. The summed E-state index contributed by atoms with van der Waals surface area (Å²) < 4.78 is 2.26. The number of aromatic amines is 1. The van der Waals surface area contributed by atoms with Crippen molar-refractivity contribution in [1.82, 2.24) is 9.97 Å². The number of hydrogen-bond donors (Lipinski definition) is 1. The normalized spacial score (nSPS) is 11.5. The maximum Gasteiger partial charge on any atom is 0.151 e. The number of para-hydroxylation sites is 1. The molecule has 5 heteroatoms. The number of thiazole rings is 1. The number of nitrogens with zero attached hydrogens (tertiary/aromatic N) is 1. The fourth-order valence-corrected chi connectivity index (χ4v) is 4.54. The number of hydrogen-bond acceptors (Lipinski definition) is 3. The van der Waals surface area contributed by atoms with Gasteiger partial charge in [-0.15, -0.1) is 11.3 Å². The highest BCUT2D eigenvalue weighted by Crippen LogP contribution is 2.33. The lowest BCUT2D eigenvalue weighted by Gasteiger charge is -1.96. The lowest BCUT2D eigenvalue weighted by molar-refractivity contribution is 1.29. The van der Waals surface area contributed by atoms with Gasteiger partial charge in [-0.3, -0.25) is 0 Å². The average Bonchev–Trinajstić information content (AvgIpc) is 3.08. The van der Waals surface area contributed by atoms with E-state index in [1.807, 2.05) is 24.3 Å². The number of thioether (sulfide) groups is 1. The van der Waals surface area contributed by atoms with E-state index in [-0.39, 0.29) is 0 Å². The van der Waals surface area contributed by atoms with E-state index in [0.29, 0.717) is 0 Å². The van der Waals surface area contributed by atoms with Crippen molar-refractivity contribution in [1.29, 1.82) is 0 Å². The van der Waals surface area contributed by atoms with Crippen LogP contribution >= 0.6 is 34.7 Å². The standard InChI is InChI=1S/C16H11ClN2S2/c17-11-5-6-15-14(7-11)19-16(21-15)20-9-10-8-18-13-4-2-1-3-12(10)13/h1-8,18H,9H2. The quantitative estimate of drug-likeness (QED) is 0.486. The van der Waals surface area contributed by atoms with Gasteiger partial charge in [0.05, 0.1) is 10.2 Å². The van der Waals surface area contributed by atoms with Crippen LogP contribution < -0.4 is 0 Å². The number of nitrogens with one attached hydrogen (secondary N) is 1. The van der Waals surface area contributed by atoms with Gasteiger partial charge in [0.1, 0.15) is 0 Å². The lowest BCUT2D eigenvalue weighted by atomic mass is 10.2. The maximum absolute atomic E-state index is 6.01. The number of H-pyrrole nitrogens is 1. The van der Waals surface area contributed by atoms with Crippen LogP contribution in [-0.4, -0.2) is 9.97 Å². The molecule has 0 saturated heterocycles. The zero-order valence-electron chi connectivity index (χ0n) is 11.0. The summed E-state index contributed by atoms with van der Waals surface area (Å²) in [6, 6.07) is 14.2. The minimum Gasteiger partial charge on any atom is -0.361 e. The molecule has 0 unspecified atom stereocenters. The Kier molecular flexibility index (Phi) is 3.37. The van der Waals surface area contributed by atoms with Gasteiger partial charge in [-0.25, -0.2) is 4.98 Å². The first-order chi connectivity index (χ1) is 10.3. The van der Waals surface area contributed by atoms with E-state index in [1.165, 1.54) is 21.2 Å². The summed E-state index contributed by atoms with van der Waals surface area (Å²) in [5.41, 5.74) is 3.48. The largest absolute Gasteiger partial charge is 0.361 e. The van der Waals surface area contributed by atoms with Gasteiger partial charge in [-0.05, 0) is 29.8 Å². The number of fused-ring (bicyclic) bond motifs is 2. The van der Waals surface area contributed by atoms with Gasteiger partial charge in [-0.1, -0.05) is 41.6 Å². The molecule has 0 spiro atoms. The molecular weight excluding hydrogens is 320 g/mol. The second kappa shape index (κ2) is 5.37. The van der Waals surface area contributed by atoms with Crippen molar-refractivity contribution in [3.05, 3.63) is 59.2 Å². The van der Waals surface area contributed by atoms with Crippen molar-refractivity contribution in [2.45, 2.75) is 10.1 Å². The molecule has 21 heavy (non-hydrogen) atoms. The van der Waals surface area contributed by atoms with Crippen LogP contribution in [0.25, 0.3) is 21.1 Å². The zero-order valence-corrected chi connectivity index (χ0v) is 13.4. The second-order valence-corrected chi connectivity index (χ2v) is 7.43. The molecule has 2 aromatic carbocycles. The highest BCUT2D eigenvalue weighted by molar-refractivity contribution is 8.00. The predicted molar refractivity (Wildman–Crippen MR) is 92.5 cm³/mol. The van der Waals surface area contributed by atoms with E-state index in [1.54, 1.807) is 23.1 Å². The van der Waals surface area contributed by atoms with Crippen LogP contribution in [0.1, 0.15) is 5.56 Å².